The van der Waals surface area contributed by atoms with E-state index in [2.05, 4.69) is 9.97 Å². The van der Waals surface area contributed by atoms with Crippen molar-refractivity contribution in [3.05, 3.63) is 18.1 Å². The Labute approximate surface area is 99.6 Å². The molecule has 1 heterocycles. The van der Waals surface area contributed by atoms with Crippen LogP contribution < -0.4 is 5.73 Å². The lowest BCUT2D eigenvalue weighted by atomic mass is 10.4. The summed E-state index contributed by atoms with van der Waals surface area (Å²) in [6.07, 6.45) is 3.73. The van der Waals surface area contributed by atoms with Crippen LogP contribution in [0.4, 0.5) is 5.82 Å². The summed E-state index contributed by atoms with van der Waals surface area (Å²) in [5, 5.41) is 0. The minimum absolute atomic E-state index is 0.0923. The van der Waals surface area contributed by atoms with Crippen molar-refractivity contribution in [2.24, 2.45) is 0 Å². The minimum Gasteiger partial charge on any atom is -0.382 e. The molecule has 0 unspecified atom stereocenters. The second-order valence-corrected chi connectivity index (χ2v) is 5.95. The standard InChI is InChI=1S/C9H14N4O3S/c1-13(3-4-17(2,15)16)9(14)7-5-11-6-8(10)12-7/h5-6H,3-4H2,1-2H3,(H2,10,12). The van der Waals surface area contributed by atoms with Crippen LogP contribution in [0.1, 0.15) is 10.5 Å². The van der Waals surface area contributed by atoms with Crippen molar-refractivity contribution in [1.82, 2.24) is 14.9 Å². The second-order valence-electron chi connectivity index (χ2n) is 3.69. The van der Waals surface area contributed by atoms with E-state index in [9.17, 15) is 13.2 Å². The van der Waals surface area contributed by atoms with E-state index in [1.165, 1.54) is 24.3 Å². The van der Waals surface area contributed by atoms with Gasteiger partial charge in [0, 0.05) is 19.8 Å². The number of sulfone groups is 1. The molecule has 0 aliphatic heterocycles. The molecule has 1 aromatic rings. The van der Waals surface area contributed by atoms with Gasteiger partial charge in [0.25, 0.3) is 5.91 Å². The van der Waals surface area contributed by atoms with Crippen molar-refractivity contribution < 1.29 is 13.2 Å². The van der Waals surface area contributed by atoms with Crippen LogP contribution in [0.25, 0.3) is 0 Å². The van der Waals surface area contributed by atoms with Gasteiger partial charge >= 0.3 is 0 Å². The van der Waals surface area contributed by atoms with Crippen molar-refractivity contribution in [3.8, 4) is 0 Å². The maximum Gasteiger partial charge on any atom is 0.273 e. The van der Waals surface area contributed by atoms with E-state index in [4.69, 9.17) is 5.73 Å². The van der Waals surface area contributed by atoms with Gasteiger partial charge < -0.3 is 10.6 Å². The van der Waals surface area contributed by atoms with Crippen LogP contribution >= 0.6 is 0 Å². The van der Waals surface area contributed by atoms with Crippen LogP contribution in [0.2, 0.25) is 0 Å². The van der Waals surface area contributed by atoms with Gasteiger partial charge in [0.2, 0.25) is 0 Å². The highest BCUT2D eigenvalue weighted by molar-refractivity contribution is 7.90. The van der Waals surface area contributed by atoms with Crippen molar-refractivity contribution in [2.75, 3.05) is 31.3 Å². The predicted molar refractivity (Wildman–Crippen MR) is 63.1 cm³/mol. The van der Waals surface area contributed by atoms with Gasteiger partial charge in [-0.1, -0.05) is 0 Å². The third-order valence-corrected chi connectivity index (χ3v) is 2.94. The normalized spacial score (nSPS) is 11.2. The van der Waals surface area contributed by atoms with Crippen LogP contribution in [0, 0.1) is 0 Å². The zero-order valence-electron chi connectivity index (χ0n) is 9.62. The fourth-order valence-electron chi connectivity index (χ4n) is 1.08. The van der Waals surface area contributed by atoms with Gasteiger partial charge in [-0.15, -0.1) is 0 Å². The van der Waals surface area contributed by atoms with Crippen molar-refractivity contribution in [1.29, 1.82) is 0 Å². The monoisotopic (exact) mass is 258 g/mol. The lowest BCUT2D eigenvalue weighted by Gasteiger charge is -2.15. The van der Waals surface area contributed by atoms with Gasteiger partial charge in [0.05, 0.1) is 18.1 Å². The molecule has 1 rings (SSSR count). The number of carbonyl (C=O) groups is 1. The fraction of sp³-hybridized carbons (Fsp3) is 0.444. The molecule has 8 heteroatoms. The molecule has 1 aromatic heterocycles. The Morgan fingerprint density at radius 3 is 2.65 bits per heavy atom. The summed E-state index contributed by atoms with van der Waals surface area (Å²) in [6.45, 7) is 0.105. The van der Waals surface area contributed by atoms with Gasteiger partial charge in [-0.2, -0.15) is 0 Å². The molecule has 2 N–H and O–H groups in total. The Bertz CT molecular complexity index is 515. The molecule has 0 aromatic carbocycles. The molecule has 0 fully saturated rings. The molecule has 0 aliphatic rings. The number of nitrogens with zero attached hydrogens (tertiary/aromatic N) is 3. The number of nitrogen functional groups attached to an aromatic ring is 1. The Morgan fingerprint density at radius 1 is 1.47 bits per heavy atom. The van der Waals surface area contributed by atoms with Gasteiger partial charge in [-0.05, 0) is 0 Å². The maximum atomic E-state index is 11.8. The first-order valence-corrected chi connectivity index (χ1v) is 6.86. The zero-order valence-corrected chi connectivity index (χ0v) is 10.4. The third-order valence-electron chi connectivity index (χ3n) is 2.02. The number of hydrogen-bond donors (Lipinski definition) is 1. The van der Waals surface area contributed by atoms with Gasteiger partial charge in [0.15, 0.2) is 0 Å². The van der Waals surface area contributed by atoms with Crippen molar-refractivity contribution in [3.63, 3.8) is 0 Å². The molecule has 7 nitrogen and oxygen atoms in total. The van der Waals surface area contributed by atoms with Crippen LogP contribution in [0.15, 0.2) is 12.4 Å². The number of anilines is 1. The van der Waals surface area contributed by atoms with Gasteiger partial charge in [-0.25, -0.2) is 13.4 Å². The summed E-state index contributed by atoms with van der Waals surface area (Å²) in [4.78, 5) is 20.6. The number of rotatable bonds is 4. The Morgan fingerprint density at radius 2 is 2.12 bits per heavy atom. The quantitative estimate of drug-likeness (QED) is 0.756. The first kappa shape index (κ1) is 13.4. The van der Waals surface area contributed by atoms with Crippen LogP contribution in [-0.2, 0) is 9.84 Å². The topological polar surface area (TPSA) is 106 Å². The summed E-state index contributed by atoms with van der Waals surface area (Å²) in [7, 11) is -1.60. The summed E-state index contributed by atoms with van der Waals surface area (Å²) in [6, 6.07) is 0. The van der Waals surface area contributed by atoms with Gasteiger partial charge in [-0.3, -0.25) is 9.78 Å². The van der Waals surface area contributed by atoms with E-state index in [1.54, 1.807) is 0 Å². The average molecular weight is 258 g/mol. The molecule has 0 bridgehead atoms. The largest absolute Gasteiger partial charge is 0.382 e. The van der Waals surface area contributed by atoms with E-state index in [0.29, 0.717) is 0 Å². The fourth-order valence-corrected chi connectivity index (χ4v) is 1.69. The number of hydrogen-bond acceptors (Lipinski definition) is 6. The van der Waals surface area contributed by atoms with E-state index < -0.39 is 15.7 Å². The molecule has 0 radical (unpaired) electrons. The highest BCUT2D eigenvalue weighted by atomic mass is 32.2. The maximum absolute atomic E-state index is 11.8. The number of carbonyl (C=O) groups excluding carboxylic acids is 1. The van der Waals surface area contributed by atoms with Crippen molar-refractivity contribution in [2.45, 2.75) is 0 Å². The van der Waals surface area contributed by atoms with Crippen molar-refractivity contribution >= 4 is 21.6 Å². The molecule has 0 saturated carbocycles. The average Bonchev–Trinajstić information content (AvgIpc) is 2.24. The van der Waals surface area contributed by atoms with Crippen LogP contribution in [0.5, 0.6) is 0 Å². The first-order valence-electron chi connectivity index (χ1n) is 4.80. The van der Waals surface area contributed by atoms with Gasteiger partial charge in [0.1, 0.15) is 21.3 Å². The summed E-state index contributed by atoms with van der Waals surface area (Å²) >= 11 is 0. The van der Waals surface area contributed by atoms with E-state index in [1.807, 2.05) is 0 Å². The number of nitrogens with two attached hydrogens (primary N) is 1. The van der Waals surface area contributed by atoms with E-state index in [0.717, 1.165) is 6.26 Å². The highest BCUT2D eigenvalue weighted by Crippen LogP contribution is 2.01. The summed E-state index contributed by atoms with van der Waals surface area (Å²) in [5.74, 6) is -0.355. The van der Waals surface area contributed by atoms with E-state index in [-0.39, 0.29) is 23.8 Å². The molecule has 1 amide bonds. The first-order chi connectivity index (χ1) is 7.79. The van der Waals surface area contributed by atoms with Crippen LogP contribution in [0.3, 0.4) is 0 Å². The molecule has 0 saturated heterocycles. The zero-order chi connectivity index (χ0) is 13.1. The second kappa shape index (κ2) is 5.09. The molecule has 17 heavy (non-hydrogen) atoms. The van der Waals surface area contributed by atoms with Crippen LogP contribution in [-0.4, -0.2) is 54.8 Å². The summed E-state index contributed by atoms with van der Waals surface area (Å²) < 4.78 is 21.9. The smallest absolute Gasteiger partial charge is 0.273 e. The Balaban J connectivity index is 2.70. The molecule has 0 spiro atoms. The molecular formula is C9H14N4O3S. The molecular weight excluding hydrogens is 244 g/mol. The molecule has 0 aliphatic carbocycles. The molecule has 94 valence electrons. The SMILES string of the molecule is CN(CCS(C)(=O)=O)C(=O)c1cncc(N)n1. The number of aromatic nitrogens is 2. The minimum atomic E-state index is -3.10. The van der Waals surface area contributed by atoms with E-state index >= 15 is 0 Å². The predicted octanol–water partition coefficient (Wildman–Crippen LogP) is -0.825. The lowest BCUT2D eigenvalue weighted by molar-refractivity contribution is 0.0797. The Hall–Kier alpha value is -1.70. The lowest BCUT2D eigenvalue weighted by Crippen LogP contribution is -2.32. The third kappa shape index (κ3) is 4.35. The summed E-state index contributed by atoms with van der Waals surface area (Å²) in [5.41, 5.74) is 5.50. The highest BCUT2D eigenvalue weighted by Gasteiger charge is 2.15. The molecule has 0 atom stereocenters. The number of amides is 1. The Kier molecular flexibility index (Phi) is 4.00.